The maximum Gasteiger partial charge on any atom is 0.0759 e. The number of nitrogens with zero attached hydrogens (tertiary/aromatic N) is 2. The summed E-state index contributed by atoms with van der Waals surface area (Å²) < 4.78 is 2.07. The number of hydrogen-bond donors (Lipinski definition) is 1. The highest BCUT2D eigenvalue weighted by atomic mass is 32.1. The lowest BCUT2D eigenvalue weighted by Gasteiger charge is -2.24. The van der Waals surface area contributed by atoms with Crippen LogP contribution in [0.25, 0.3) is 0 Å². The van der Waals surface area contributed by atoms with Crippen molar-refractivity contribution in [3.8, 4) is 0 Å². The van der Waals surface area contributed by atoms with Crippen LogP contribution >= 0.6 is 11.3 Å². The van der Waals surface area contributed by atoms with Gasteiger partial charge in [-0.15, -0.1) is 11.3 Å². The lowest BCUT2D eigenvalue weighted by Crippen LogP contribution is -2.31. The molecule has 0 spiro atoms. The zero-order valence-corrected chi connectivity index (χ0v) is 10.1. The van der Waals surface area contributed by atoms with E-state index in [0.29, 0.717) is 6.04 Å². The molecule has 0 saturated carbocycles. The number of nitrogens with one attached hydrogen (secondary N) is 1. The van der Waals surface area contributed by atoms with Crippen molar-refractivity contribution in [3.05, 3.63) is 39.8 Å². The van der Waals surface area contributed by atoms with Gasteiger partial charge in [0.05, 0.1) is 11.7 Å². The van der Waals surface area contributed by atoms with Crippen LogP contribution in [0.5, 0.6) is 0 Å². The first kappa shape index (κ1) is 10.1. The second-order valence-electron chi connectivity index (χ2n) is 4.01. The van der Waals surface area contributed by atoms with E-state index in [1.54, 1.807) is 0 Å². The molecule has 3 heterocycles. The predicted octanol–water partition coefficient (Wildman–Crippen LogP) is 2.20. The number of thiophene rings is 1. The van der Waals surface area contributed by atoms with Crippen LogP contribution in [0.4, 0.5) is 0 Å². The smallest absolute Gasteiger partial charge is 0.0759 e. The monoisotopic (exact) mass is 233 g/mol. The molecule has 0 radical (unpaired) electrons. The minimum absolute atomic E-state index is 0.331. The van der Waals surface area contributed by atoms with E-state index in [0.717, 1.165) is 19.5 Å². The summed E-state index contributed by atoms with van der Waals surface area (Å²) in [5.41, 5.74) is 2.72. The van der Waals surface area contributed by atoms with Crippen molar-refractivity contribution in [2.24, 2.45) is 0 Å². The molecule has 0 saturated heterocycles. The molecular formula is C12H15N3S. The molecule has 0 aliphatic carbocycles. The fraction of sp³-hybridized carbons (Fsp3) is 0.417. The first-order chi connectivity index (χ1) is 7.90. The second-order valence-corrected chi connectivity index (χ2v) is 5.01. The summed E-state index contributed by atoms with van der Waals surface area (Å²) in [5.74, 6) is 0. The van der Waals surface area contributed by atoms with Crippen LogP contribution in [0.3, 0.4) is 0 Å². The van der Waals surface area contributed by atoms with Crippen LogP contribution in [0, 0.1) is 0 Å². The number of hydrogen-bond acceptors (Lipinski definition) is 3. The molecule has 2 aromatic rings. The normalized spacial score (nSPS) is 19.7. The summed E-state index contributed by atoms with van der Waals surface area (Å²) in [7, 11) is 0. The molecule has 16 heavy (non-hydrogen) atoms. The van der Waals surface area contributed by atoms with E-state index < -0.39 is 0 Å². The Hall–Kier alpha value is -1.13. The van der Waals surface area contributed by atoms with Crippen molar-refractivity contribution in [2.45, 2.75) is 25.9 Å². The molecule has 0 aromatic carbocycles. The van der Waals surface area contributed by atoms with Gasteiger partial charge in [-0.2, -0.15) is 5.10 Å². The largest absolute Gasteiger partial charge is 0.305 e. The van der Waals surface area contributed by atoms with Gasteiger partial charge in [0.1, 0.15) is 0 Å². The minimum atomic E-state index is 0.331. The van der Waals surface area contributed by atoms with Gasteiger partial charge in [-0.25, -0.2) is 0 Å². The summed E-state index contributed by atoms with van der Waals surface area (Å²) >= 11 is 1.87. The predicted molar refractivity (Wildman–Crippen MR) is 65.8 cm³/mol. The Morgan fingerprint density at radius 3 is 3.38 bits per heavy atom. The summed E-state index contributed by atoms with van der Waals surface area (Å²) in [5, 5.41) is 10.1. The molecule has 2 aromatic heterocycles. The quantitative estimate of drug-likeness (QED) is 0.862. The molecule has 1 atom stereocenters. The van der Waals surface area contributed by atoms with E-state index in [1.807, 2.05) is 17.5 Å². The van der Waals surface area contributed by atoms with Crippen molar-refractivity contribution in [1.29, 1.82) is 0 Å². The Labute approximate surface area is 99.1 Å². The molecule has 1 N–H and O–H groups in total. The zero-order valence-electron chi connectivity index (χ0n) is 9.31. The van der Waals surface area contributed by atoms with Gasteiger partial charge in [0.15, 0.2) is 0 Å². The van der Waals surface area contributed by atoms with Gasteiger partial charge in [0.2, 0.25) is 0 Å². The van der Waals surface area contributed by atoms with Crippen LogP contribution in [0.1, 0.15) is 29.1 Å². The molecule has 4 heteroatoms. The lowest BCUT2D eigenvalue weighted by molar-refractivity contribution is 0.515. The van der Waals surface area contributed by atoms with E-state index in [1.165, 1.54) is 16.1 Å². The third-order valence-corrected chi connectivity index (χ3v) is 4.13. The van der Waals surface area contributed by atoms with E-state index >= 15 is 0 Å². The van der Waals surface area contributed by atoms with Gasteiger partial charge in [0, 0.05) is 24.2 Å². The van der Waals surface area contributed by atoms with Crippen LogP contribution in [0.15, 0.2) is 23.7 Å². The number of rotatable bonds is 2. The number of aromatic nitrogens is 2. The van der Waals surface area contributed by atoms with E-state index in [4.69, 9.17) is 0 Å². The van der Waals surface area contributed by atoms with Crippen LogP contribution in [0.2, 0.25) is 0 Å². The van der Waals surface area contributed by atoms with Gasteiger partial charge >= 0.3 is 0 Å². The Morgan fingerprint density at radius 1 is 1.56 bits per heavy atom. The average Bonchev–Trinajstić information content (AvgIpc) is 2.96. The summed E-state index contributed by atoms with van der Waals surface area (Å²) in [6.07, 6.45) is 3.05. The maximum atomic E-state index is 4.35. The van der Waals surface area contributed by atoms with Gasteiger partial charge in [-0.1, -0.05) is 0 Å². The van der Waals surface area contributed by atoms with Crippen molar-refractivity contribution in [3.63, 3.8) is 0 Å². The van der Waals surface area contributed by atoms with E-state index in [2.05, 4.69) is 39.5 Å². The number of aryl methyl sites for hydroxylation is 1. The van der Waals surface area contributed by atoms with Crippen LogP contribution < -0.4 is 5.32 Å². The molecular weight excluding hydrogens is 218 g/mol. The van der Waals surface area contributed by atoms with Crippen molar-refractivity contribution < 1.29 is 0 Å². The molecule has 0 fully saturated rings. The topological polar surface area (TPSA) is 29.9 Å². The lowest BCUT2D eigenvalue weighted by atomic mass is 9.99. The Morgan fingerprint density at radius 2 is 2.50 bits per heavy atom. The Balaban J connectivity index is 2.04. The van der Waals surface area contributed by atoms with Crippen molar-refractivity contribution in [2.75, 3.05) is 6.54 Å². The summed E-state index contributed by atoms with van der Waals surface area (Å²) in [6, 6.07) is 4.69. The molecule has 3 nitrogen and oxygen atoms in total. The Bertz CT molecular complexity index is 486. The van der Waals surface area contributed by atoms with Crippen molar-refractivity contribution >= 4 is 11.3 Å². The standard InChI is InChI=1S/C12H15N3S/c1-2-15-10(3-7-14-15)12-9-5-8-16-11(9)4-6-13-12/h3,5,7-8,12-13H,2,4,6H2,1H3. The minimum Gasteiger partial charge on any atom is -0.305 e. The maximum absolute atomic E-state index is 4.35. The highest BCUT2D eigenvalue weighted by Gasteiger charge is 2.24. The second kappa shape index (κ2) is 4.03. The van der Waals surface area contributed by atoms with Gasteiger partial charge in [-0.3, -0.25) is 4.68 Å². The van der Waals surface area contributed by atoms with E-state index in [9.17, 15) is 0 Å². The molecule has 1 aliphatic rings. The number of fused-ring (bicyclic) bond motifs is 1. The molecule has 3 rings (SSSR count). The SMILES string of the molecule is CCn1nccc1C1NCCc2sccc21. The van der Waals surface area contributed by atoms with Crippen LogP contribution in [-0.4, -0.2) is 16.3 Å². The van der Waals surface area contributed by atoms with Crippen molar-refractivity contribution in [1.82, 2.24) is 15.1 Å². The molecule has 0 bridgehead atoms. The fourth-order valence-corrected chi connectivity index (χ4v) is 3.29. The fourth-order valence-electron chi connectivity index (χ4n) is 2.37. The molecule has 1 unspecified atom stereocenters. The van der Waals surface area contributed by atoms with Gasteiger partial charge < -0.3 is 5.32 Å². The van der Waals surface area contributed by atoms with Crippen LogP contribution in [-0.2, 0) is 13.0 Å². The van der Waals surface area contributed by atoms with E-state index in [-0.39, 0.29) is 0 Å². The highest BCUT2D eigenvalue weighted by Crippen LogP contribution is 2.31. The third kappa shape index (κ3) is 1.49. The first-order valence-electron chi connectivity index (χ1n) is 5.71. The Kier molecular flexibility index (Phi) is 2.53. The summed E-state index contributed by atoms with van der Waals surface area (Å²) in [4.78, 5) is 1.52. The zero-order chi connectivity index (χ0) is 11.0. The molecule has 1 aliphatic heterocycles. The third-order valence-electron chi connectivity index (χ3n) is 3.14. The van der Waals surface area contributed by atoms with Gasteiger partial charge in [-0.05, 0) is 36.4 Å². The average molecular weight is 233 g/mol. The van der Waals surface area contributed by atoms with Gasteiger partial charge in [0.25, 0.3) is 0 Å². The highest BCUT2D eigenvalue weighted by molar-refractivity contribution is 7.10. The first-order valence-corrected chi connectivity index (χ1v) is 6.59. The molecule has 84 valence electrons. The molecule has 0 amide bonds. The summed E-state index contributed by atoms with van der Waals surface area (Å²) in [6.45, 7) is 4.13.